The molecule has 0 atom stereocenters. The number of carbonyl (C=O) groups excluding carboxylic acids is 2. The van der Waals surface area contributed by atoms with Crippen molar-refractivity contribution < 1.29 is 9.59 Å². The van der Waals surface area contributed by atoms with Crippen LogP contribution < -0.4 is 0 Å². The van der Waals surface area contributed by atoms with E-state index in [1.165, 1.54) is 0 Å². The summed E-state index contributed by atoms with van der Waals surface area (Å²) in [5, 5.41) is 0.502. The summed E-state index contributed by atoms with van der Waals surface area (Å²) in [4.78, 5) is 30.1. The van der Waals surface area contributed by atoms with Gasteiger partial charge in [-0.3, -0.25) is 19.5 Å². The van der Waals surface area contributed by atoms with Gasteiger partial charge in [0.25, 0.3) is 11.1 Å². The molecule has 0 aliphatic carbocycles. The molecule has 0 saturated carbocycles. The summed E-state index contributed by atoms with van der Waals surface area (Å²) in [5.41, 5.74) is 1.31. The Hall–Kier alpha value is -1.82. The van der Waals surface area contributed by atoms with Gasteiger partial charge in [0.15, 0.2) is 0 Å². The summed E-state index contributed by atoms with van der Waals surface area (Å²) < 4.78 is 0. The van der Waals surface area contributed by atoms with Gasteiger partial charge in [-0.25, -0.2) is 0 Å². The highest BCUT2D eigenvalue weighted by molar-refractivity contribution is 8.18. The van der Waals surface area contributed by atoms with Gasteiger partial charge in [-0.05, 0) is 41.6 Å². The minimum Gasteiger partial charge on any atom is -0.268 e. The zero-order valence-electron chi connectivity index (χ0n) is 11.7. The van der Waals surface area contributed by atoms with Gasteiger partial charge in [0.05, 0.1) is 11.4 Å². The zero-order chi connectivity index (χ0) is 16.4. The molecule has 1 aliphatic heterocycles. The number of aromatic nitrogens is 1. The van der Waals surface area contributed by atoms with Crippen molar-refractivity contribution in [3.05, 3.63) is 68.8 Å². The van der Waals surface area contributed by atoms with Crippen LogP contribution in [0.2, 0.25) is 10.0 Å². The smallest absolute Gasteiger partial charge is 0.268 e. The van der Waals surface area contributed by atoms with Crippen molar-refractivity contribution in [2.24, 2.45) is 0 Å². The molecule has 3 rings (SSSR count). The van der Waals surface area contributed by atoms with E-state index in [9.17, 15) is 9.59 Å². The highest BCUT2D eigenvalue weighted by Gasteiger charge is 2.35. The van der Waals surface area contributed by atoms with E-state index in [-0.39, 0.29) is 17.7 Å². The maximum atomic E-state index is 12.5. The van der Waals surface area contributed by atoms with Crippen molar-refractivity contribution in [1.82, 2.24) is 9.88 Å². The Morgan fingerprint density at radius 1 is 1.13 bits per heavy atom. The molecular weight excluding hydrogens is 355 g/mol. The molecule has 0 N–H and O–H groups in total. The van der Waals surface area contributed by atoms with Crippen LogP contribution >= 0.6 is 35.0 Å². The van der Waals surface area contributed by atoms with Crippen LogP contribution in [0.25, 0.3) is 6.08 Å². The van der Waals surface area contributed by atoms with E-state index in [0.29, 0.717) is 20.5 Å². The fraction of sp³-hybridized carbons (Fsp3) is 0.0625. The first-order valence-corrected chi connectivity index (χ1v) is 8.22. The first kappa shape index (κ1) is 16.1. The third-order valence-electron chi connectivity index (χ3n) is 3.23. The topological polar surface area (TPSA) is 50.3 Å². The van der Waals surface area contributed by atoms with Gasteiger partial charge in [-0.15, -0.1) is 0 Å². The van der Waals surface area contributed by atoms with E-state index in [0.717, 1.165) is 22.2 Å². The van der Waals surface area contributed by atoms with Gasteiger partial charge in [0.1, 0.15) is 0 Å². The summed E-state index contributed by atoms with van der Waals surface area (Å²) in [6, 6.07) is 8.64. The van der Waals surface area contributed by atoms with Gasteiger partial charge in [-0.2, -0.15) is 0 Å². The fourth-order valence-corrected chi connectivity index (χ4v) is 3.45. The van der Waals surface area contributed by atoms with Crippen molar-refractivity contribution in [1.29, 1.82) is 0 Å². The molecule has 2 aromatic rings. The monoisotopic (exact) mass is 364 g/mol. The summed E-state index contributed by atoms with van der Waals surface area (Å²) >= 11 is 13.1. The van der Waals surface area contributed by atoms with Crippen LogP contribution in [0.15, 0.2) is 47.6 Å². The molecule has 116 valence electrons. The van der Waals surface area contributed by atoms with Crippen LogP contribution in [-0.4, -0.2) is 21.0 Å². The predicted molar refractivity (Wildman–Crippen MR) is 92.2 cm³/mol. The summed E-state index contributed by atoms with van der Waals surface area (Å²) in [6.45, 7) is 0.0492. The first-order valence-electron chi connectivity index (χ1n) is 6.64. The van der Waals surface area contributed by atoms with Crippen LogP contribution in [0.3, 0.4) is 0 Å². The molecule has 1 aliphatic rings. The number of nitrogens with zero attached hydrogens (tertiary/aromatic N) is 2. The SMILES string of the molecule is O=C1S/C(=C/c2cccnc2)C(=O)N1Cc1c(Cl)cccc1Cl. The van der Waals surface area contributed by atoms with E-state index in [4.69, 9.17) is 23.2 Å². The maximum Gasteiger partial charge on any atom is 0.293 e. The number of hydrogen-bond donors (Lipinski definition) is 0. The van der Waals surface area contributed by atoms with Crippen molar-refractivity contribution in [3.8, 4) is 0 Å². The second-order valence-electron chi connectivity index (χ2n) is 4.75. The second kappa shape index (κ2) is 6.74. The molecule has 7 heteroatoms. The molecule has 0 radical (unpaired) electrons. The Labute approximate surface area is 147 Å². The van der Waals surface area contributed by atoms with Gasteiger partial charge >= 0.3 is 0 Å². The standard InChI is InChI=1S/C16H10Cl2N2O2S/c17-12-4-1-5-13(18)11(12)9-20-15(21)14(23-16(20)22)7-10-3-2-6-19-8-10/h1-8H,9H2/b14-7+. The maximum absolute atomic E-state index is 12.5. The largest absolute Gasteiger partial charge is 0.293 e. The van der Waals surface area contributed by atoms with Gasteiger partial charge in [0.2, 0.25) is 0 Å². The number of rotatable bonds is 3. The number of thioether (sulfide) groups is 1. The molecule has 4 nitrogen and oxygen atoms in total. The van der Waals surface area contributed by atoms with Crippen molar-refractivity contribution in [2.45, 2.75) is 6.54 Å². The Balaban J connectivity index is 1.86. The molecule has 1 aromatic heterocycles. The molecule has 1 saturated heterocycles. The Kier molecular flexibility index (Phi) is 4.71. The van der Waals surface area contributed by atoms with Crippen molar-refractivity contribution in [2.75, 3.05) is 0 Å². The van der Waals surface area contributed by atoms with Gasteiger partial charge in [0, 0.05) is 28.0 Å². The van der Waals surface area contributed by atoms with Gasteiger partial charge < -0.3 is 0 Å². The average molecular weight is 365 g/mol. The van der Waals surface area contributed by atoms with Crippen LogP contribution in [0, 0.1) is 0 Å². The van der Waals surface area contributed by atoms with E-state index >= 15 is 0 Å². The van der Waals surface area contributed by atoms with E-state index in [1.54, 1.807) is 42.7 Å². The minimum atomic E-state index is -0.361. The Morgan fingerprint density at radius 3 is 2.52 bits per heavy atom. The lowest BCUT2D eigenvalue weighted by molar-refractivity contribution is -0.123. The number of pyridine rings is 1. The molecular formula is C16H10Cl2N2O2S. The van der Waals surface area contributed by atoms with Crippen molar-refractivity contribution >= 4 is 52.2 Å². The number of hydrogen-bond acceptors (Lipinski definition) is 4. The second-order valence-corrected chi connectivity index (χ2v) is 6.56. The molecule has 1 fully saturated rings. The van der Waals surface area contributed by atoms with E-state index in [2.05, 4.69) is 4.98 Å². The molecule has 2 heterocycles. The molecule has 0 spiro atoms. The predicted octanol–water partition coefficient (Wildman–Crippen LogP) is 4.62. The van der Waals surface area contributed by atoms with E-state index in [1.807, 2.05) is 6.07 Å². The number of benzene rings is 1. The molecule has 23 heavy (non-hydrogen) atoms. The molecule has 0 unspecified atom stereocenters. The third-order valence-corrected chi connectivity index (χ3v) is 4.85. The normalized spacial score (nSPS) is 16.4. The lowest BCUT2D eigenvalue weighted by atomic mass is 10.2. The highest BCUT2D eigenvalue weighted by atomic mass is 35.5. The van der Waals surface area contributed by atoms with Crippen LogP contribution in [0.4, 0.5) is 4.79 Å². The van der Waals surface area contributed by atoms with Crippen LogP contribution in [0.5, 0.6) is 0 Å². The highest BCUT2D eigenvalue weighted by Crippen LogP contribution is 2.35. The van der Waals surface area contributed by atoms with Crippen molar-refractivity contribution in [3.63, 3.8) is 0 Å². The Morgan fingerprint density at radius 2 is 1.87 bits per heavy atom. The quantitative estimate of drug-likeness (QED) is 0.745. The number of amides is 2. The number of carbonyl (C=O) groups is 2. The molecule has 1 aromatic carbocycles. The van der Waals surface area contributed by atoms with Crippen LogP contribution in [0.1, 0.15) is 11.1 Å². The lowest BCUT2D eigenvalue weighted by Crippen LogP contribution is -2.27. The minimum absolute atomic E-state index is 0.0492. The van der Waals surface area contributed by atoms with Gasteiger partial charge in [-0.1, -0.05) is 35.3 Å². The first-order chi connectivity index (χ1) is 11.1. The molecule has 0 bridgehead atoms. The Bertz CT molecular complexity index is 789. The van der Waals surface area contributed by atoms with E-state index < -0.39 is 0 Å². The van der Waals surface area contributed by atoms with Crippen LogP contribution in [-0.2, 0) is 11.3 Å². The fourth-order valence-electron chi connectivity index (χ4n) is 2.09. The number of halogens is 2. The molecule has 2 amide bonds. The third kappa shape index (κ3) is 3.42. The summed E-state index contributed by atoms with van der Waals surface area (Å²) in [6.07, 6.45) is 4.91. The summed E-state index contributed by atoms with van der Waals surface area (Å²) in [5.74, 6) is -0.361. The zero-order valence-corrected chi connectivity index (χ0v) is 14.0. The number of imide groups is 1. The summed E-state index contributed by atoms with van der Waals surface area (Å²) in [7, 11) is 0. The lowest BCUT2D eigenvalue weighted by Gasteiger charge is -2.14. The average Bonchev–Trinajstić information content (AvgIpc) is 2.79.